The Kier molecular flexibility index (Phi) is 7.62. The zero-order valence-electron chi connectivity index (χ0n) is 18.4. The molecule has 1 saturated heterocycles. The highest BCUT2D eigenvalue weighted by molar-refractivity contribution is 5.89. The van der Waals surface area contributed by atoms with Crippen LogP contribution in [0.2, 0.25) is 0 Å². The SMILES string of the molecule is CCC(F)(F)OCC1CCC(c2ccc(C(F)(F)F)cc2)CN1c1ccc(C(=O)OC)cc1. The summed E-state index contributed by atoms with van der Waals surface area (Å²) < 4.78 is 75.7. The number of halogens is 5. The van der Waals surface area contributed by atoms with Crippen LogP contribution in [0.3, 0.4) is 0 Å². The molecule has 0 aromatic heterocycles. The molecule has 0 N–H and O–H groups in total. The Balaban J connectivity index is 1.83. The fourth-order valence-corrected chi connectivity index (χ4v) is 3.96. The van der Waals surface area contributed by atoms with Crippen molar-refractivity contribution in [1.82, 2.24) is 0 Å². The van der Waals surface area contributed by atoms with Crippen LogP contribution in [0.1, 0.15) is 53.6 Å². The lowest BCUT2D eigenvalue weighted by molar-refractivity contribution is -0.241. The molecule has 2 atom stereocenters. The summed E-state index contributed by atoms with van der Waals surface area (Å²) in [7, 11) is 1.27. The zero-order chi connectivity index (χ0) is 24.2. The Labute approximate surface area is 189 Å². The molecule has 33 heavy (non-hydrogen) atoms. The van der Waals surface area contributed by atoms with Crippen LogP contribution in [0.15, 0.2) is 48.5 Å². The van der Waals surface area contributed by atoms with Gasteiger partial charge in [0.05, 0.1) is 30.9 Å². The number of methoxy groups -OCH3 is 1. The lowest BCUT2D eigenvalue weighted by Gasteiger charge is -2.42. The highest BCUT2D eigenvalue weighted by Gasteiger charge is 2.35. The van der Waals surface area contributed by atoms with E-state index in [0.717, 1.165) is 17.7 Å². The van der Waals surface area contributed by atoms with Crippen LogP contribution in [-0.2, 0) is 15.7 Å². The van der Waals surface area contributed by atoms with Gasteiger partial charge in [0.1, 0.15) is 0 Å². The number of piperidine rings is 1. The standard InChI is InChI=1S/C24H26F5NO3/c1-3-23(25,26)33-15-21-13-8-18(16-4-9-19(10-5-16)24(27,28)29)14-30(21)20-11-6-17(7-12-20)22(31)32-2/h4-7,9-12,18,21H,3,8,13-15H2,1-2H3. The van der Waals surface area contributed by atoms with E-state index in [2.05, 4.69) is 0 Å². The van der Waals surface area contributed by atoms with Crippen molar-refractivity contribution in [1.29, 1.82) is 0 Å². The van der Waals surface area contributed by atoms with Crippen molar-refractivity contribution >= 4 is 11.7 Å². The minimum atomic E-state index is -4.41. The van der Waals surface area contributed by atoms with E-state index in [4.69, 9.17) is 9.47 Å². The van der Waals surface area contributed by atoms with E-state index in [1.54, 1.807) is 24.3 Å². The number of ether oxygens (including phenoxy) is 2. The first-order valence-corrected chi connectivity index (χ1v) is 10.7. The second-order valence-electron chi connectivity index (χ2n) is 8.04. The Morgan fingerprint density at radius 3 is 2.18 bits per heavy atom. The number of esters is 1. The summed E-state index contributed by atoms with van der Waals surface area (Å²) in [6.07, 6.45) is -6.95. The average Bonchev–Trinajstić information content (AvgIpc) is 2.82. The number of hydrogen-bond donors (Lipinski definition) is 0. The van der Waals surface area contributed by atoms with Crippen LogP contribution in [0.5, 0.6) is 0 Å². The zero-order valence-corrected chi connectivity index (χ0v) is 18.4. The molecule has 0 aliphatic carbocycles. The smallest absolute Gasteiger partial charge is 0.416 e. The monoisotopic (exact) mass is 471 g/mol. The topological polar surface area (TPSA) is 38.8 Å². The van der Waals surface area contributed by atoms with Crippen molar-refractivity contribution in [3.63, 3.8) is 0 Å². The van der Waals surface area contributed by atoms with E-state index in [1.807, 2.05) is 4.90 Å². The van der Waals surface area contributed by atoms with Crippen molar-refractivity contribution in [2.45, 2.75) is 50.4 Å². The van der Waals surface area contributed by atoms with Crippen molar-refractivity contribution in [2.75, 3.05) is 25.2 Å². The van der Waals surface area contributed by atoms with Gasteiger partial charge in [-0.15, -0.1) is 0 Å². The Hall–Kier alpha value is -2.68. The molecule has 2 unspecified atom stereocenters. The minimum Gasteiger partial charge on any atom is -0.465 e. The molecule has 1 aliphatic rings. The van der Waals surface area contributed by atoms with Crippen molar-refractivity contribution in [2.24, 2.45) is 0 Å². The summed E-state index contributed by atoms with van der Waals surface area (Å²) in [6.45, 7) is 1.55. The molecule has 3 rings (SSSR count). The van der Waals surface area contributed by atoms with E-state index >= 15 is 0 Å². The molecule has 4 nitrogen and oxygen atoms in total. The minimum absolute atomic E-state index is 0.0875. The number of hydrogen-bond acceptors (Lipinski definition) is 4. The number of rotatable bonds is 7. The summed E-state index contributed by atoms with van der Waals surface area (Å²) in [6, 6.07) is 11.3. The molecule has 0 radical (unpaired) electrons. The van der Waals surface area contributed by atoms with Gasteiger partial charge in [-0.3, -0.25) is 0 Å². The predicted octanol–water partition coefficient (Wildman–Crippen LogP) is 6.26. The van der Waals surface area contributed by atoms with Crippen LogP contribution in [0, 0.1) is 0 Å². The van der Waals surface area contributed by atoms with Gasteiger partial charge in [-0.1, -0.05) is 19.1 Å². The van der Waals surface area contributed by atoms with Crippen LogP contribution in [0.4, 0.5) is 27.6 Å². The molecule has 0 bridgehead atoms. The van der Waals surface area contributed by atoms with Crippen LogP contribution >= 0.6 is 0 Å². The number of anilines is 1. The van der Waals surface area contributed by atoms with Crippen LogP contribution < -0.4 is 4.90 Å². The van der Waals surface area contributed by atoms with Crippen molar-refractivity contribution < 1.29 is 36.2 Å². The molecule has 0 amide bonds. The fraction of sp³-hybridized carbons (Fsp3) is 0.458. The van der Waals surface area contributed by atoms with Crippen molar-refractivity contribution in [3.8, 4) is 0 Å². The molecule has 0 saturated carbocycles. The predicted molar refractivity (Wildman–Crippen MR) is 114 cm³/mol. The van der Waals surface area contributed by atoms with Gasteiger partial charge in [-0.25, -0.2) is 4.79 Å². The third kappa shape index (κ3) is 6.22. The van der Waals surface area contributed by atoms with Gasteiger partial charge in [-0.05, 0) is 54.8 Å². The number of benzene rings is 2. The number of carbonyl (C=O) groups is 1. The lowest BCUT2D eigenvalue weighted by Crippen LogP contribution is -2.46. The molecule has 1 aliphatic heterocycles. The van der Waals surface area contributed by atoms with Gasteiger partial charge >= 0.3 is 18.3 Å². The van der Waals surface area contributed by atoms with Gasteiger partial charge < -0.3 is 14.4 Å². The lowest BCUT2D eigenvalue weighted by atomic mass is 9.86. The second-order valence-corrected chi connectivity index (χ2v) is 8.04. The maximum Gasteiger partial charge on any atom is 0.416 e. The third-order valence-corrected chi connectivity index (χ3v) is 5.93. The van der Waals surface area contributed by atoms with E-state index in [9.17, 15) is 26.7 Å². The molecule has 2 aromatic carbocycles. The summed E-state index contributed by atoms with van der Waals surface area (Å²) in [4.78, 5) is 13.6. The van der Waals surface area contributed by atoms with Gasteiger partial charge in [0.15, 0.2) is 0 Å². The normalized spacial score (nSPS) is 19.4. The first-order chi connectivity index (χ1) is 15.5. The summed E-state index contributed by atoms with van der Waals surface area (Å²) in [5.41, 5.74) is 1.08. The maximum absolute atomic E-state index is 13.7. The van der Waals surface area contributed by atoms with Crippen LogP contribution in [-0.4, -0.2) is 38.4 Å². The molecule has 1 fully saturated rings. The Morgan fingerprint density at radius 1 is 1.00 bits per heavy atom. The van der Waals surface area contributed by atoms with Gasteiger partial charge in [0.2, 0.25) is 0 Å². The molecule has 2 aromatic rings. The molecule has 9 heteroatoms. The number of nitrogens with zero attached hydrogens (tertiary/aromatic N) is 1. The third-order valence-electron chi connectivity index (χ3n) is 5.93. The summed E-state index contributed by atoms with van der Waals surface area (Å²) in [5, 5.41) is 0. The molecule has 180 valence electrons. The Bertz CT molecular complexity index is 929. The molecule has 0 spiro atoms. The van der Waals surface area contributed by atoms with Gasteiger partial charge in [0.25, 0.3) is 0 Å². The van der Waals surface area contributed by atoms with Gasteiger partial charge in [-0.2, -0.15) is 22.0 Å². The first-order valence-electron chi connectivity index (χ1n) is 10.7. The highest BCUT2D eigenvalue weighted by Crippen LogP contribution is 2.36. The van der Waals surface area contributed by atoms with Gasteiger partial charge in [0, 0.05) is 24.6 Å². The first kappa shape index (κ1) is 25.0. The van der Waals surface area contributed by atoms with E-state index in [-0.39, 0.29) is 18.6 Å². The molecular formula is C24H26F5NO3. The second kappa shape index (κ2) is 10.1. The highest BCUT2D eigenvalue weighted by atomic mass is 19.4. The quantitative estimate of drug-likeness (QED) is 0.353. The summed E-state index contributed by atoms with van der Waals surface area (Å²) >= 11 is 0. The fourth-order valence-electron chi connectivity index (χ4n) is 3.96. The van der Waals surface area contributed by atoms with Crippen LogP contribution in [0.25, 0.3) is 0 Å². The number of alkyl halides is 5. The largest absolute Gasteiger partial charge is 0.465 e. The van der Waals surface area contributed by atoms with Crippen molar-refractivity contribution in [3.05, 3.63) is 65.2 Å². The van der Waals surface area contributed by atoms with E-state index < -0.39 is 30.2 Å². The molecule has 1 heterocycles. The van der Waals surface area contributed by atoms with E-state index in [1.165, 1.54) is 26.2 Å². The van der Waals surface area contributed by atoms with E-state index in [0.29, 0.717) is 30.6 Å². The Morgan fingerprint density at radius 2 is 1.64 bits per heavy atom. The average molecular weight is 471 g/mol. The number of carbonyl (C=O) groups excluding carboxylic acids is 1. The maximum atomic E-state index is 13.7. The molecular weight excluding hydrogens is 445 g/mol. The summed E-state index contributed by atoms with van der Waals surface area (Å²) in [5.74, 6) is -0.583.